The number of hydrogen-bond donors (Lipinski definition) is 1. The maximum Gasteiger partial charge on any atom is 0.270 e. The van der Waals surface area contributed by atoms with Gasteiger partial charge in [0.15, 0.2) is 0 Å². The average Bonchev–Trinajstić information content (AvgIpc) is 2.54. The number of piperidine rings is 1. The summed E-state index contributed by atoms with van der Waals surface area (Å²) in [5.74, 6) is 0.0180. The zero-order chi connectivity index (χ0) is 17.0. The highest BCUT2D eigenvalue weighted by atomic mass is 16.6. The van der Waals surface area contributed by atoms with Gasteiger partial charge in [0.2, 0.25) is 5.91 Å². The zero-order valence-corrected chi connectivity index (χ0v) is 13.3. The Bertz CT molecular complexity index is 643. The molecule has 1 aliphatic rings. The van der Waals surface area contributed by atoms with Crippen LogP contribution in [0.5, 0.6) is 0 Å². The SMILES string of the molecule is CC(C)C(=O)NC1CCN(c2ccc([N+](=O)[O-])cc2C#N)CC1. The van der Waals surface area contributed by atoms with Crippen molar-refractivity contribution in [2.75, 3.05) is 18.0 Å². The van der Waals surface area contributed by atoms with Crippen LogP contribution in [0.4, 0.5) is 11.4 Å². The van der Waals surface area contributed by atoms with Crippen LogP contribution in [0.2, 0.25) is 0 Å². The van der Waals surface area contributed by atoms with Crippen LogP contribution in [0.1, 0.15) is 32.3 Å². The second-order valence-corrected chi connectivity index (χ2v) is 5.99. The lowest BCUT2D eigenvalue weighted by molar-refractivity contribution is -0.384. The number of nitrogens with zero attached hydrogens (tertiary/aromatic N) is 3. The van der Waals surface area contributed by atoms with Crippen molar-refractivity contribution in [1.82, 2.24) is 5.32 Å². The summed E-state index contributed by atoms with van der Waals surface area (Å²) in [6.45, 7) is 5.13. The molecule has 122 valence electrons. The van der Waals surface area contributed by atoms with Crippen molar-refractivity contribution in [3.63, 3.8) is 0 Å². The summed E-state index contributed by atoms with van der Waals surface area (Å²) in [7, 11) is 0. The number of nitro benzene ring substituents is 1. The molecule has 1 fully saturated rings. The Morgan fingerprint density at radius 1 is 1.43 bits per heavy atom. The van der Waals surface area contributed by atoms with Gasteiger partial charge in [-0.3, -0.25) is 14.9 Å². The van der Waals surface area contributed by atoms with E-state index < -0.39 is 4.92 Å². The van der Waals surface area contributed by atoms with Crippen molar-refractivity contribution in [3.05, 3.63) is 33.9 Å². The van der Waals surface area contributed by atoms with Gasteiger partial charge in [-0.2, -0.15) is 5.26 Å². The molecular weight excluding hydrogens is 296 g/mol. The number of amides is 1. The molecule has 0 spiro atoms. The Balaban J connectivity index is 2.04. The topological polar surface area (TPSA) is 99.3 Å². The number of carbonyl (C=O) groups excluding carboxylic acids is 1. The van der Waals surface area contributed by atoms with Crippen LogP contribution in [0.3, 0.4) is 0 Å². The Morgan fingerprint density at radius 2 is 2.09 bits per heavy atom. The van der Waals surface area contributed by atoms with Gasteiger partial charge in [-0.05, 0) is 18.9 Å². The fraction of sp³-hybridized carbons (Fsp3) is 0.500. The third-order valence-electron chi connectivity index (χ3n) is 4.02. The van der Waals surface area contributed by atoms with Gasteiger partial charge in [-0.25, -0.2) is 0 Å². The molecule has 1 aromatic carbocycles. The standard InChI is InChI=1S/C16H20N4O3/c1-11(2)16(21)18-13-5-7-19(8-6-13)15-4-3-14(20(22)23)9-12(15)10-17/h3-4,9,11,13H,5-8H2,1-2H3,(H,18,21). The first kappa shape index (κ1) is 16.7. The van der Waals surface area contributed by atoms with Crippen molar-refractivity contribution in [2.45, 2.75) is 32.7 Å². The molecule has 0 atom stereocenters. The predicted molar refractivity (Wildman–Crippen MR) is 86.0 cm³/mol. The minimum Gasteiger partial charge on any atom is -0.370 e. The summed E-state index contributed by atoms with van der Waals surface area (Å²) in [6.07, 6.45) is 1.58. The van der Waals surface area contributed by atoms with Crippen LogP contribution in [0.25, 0.3) is 0 Å². The molecule has 0 unspecified atom stereocenters. The summed E-state index contributed by atoms with van der Waals surface area (Å²) in [4.78, 5) is 24.1. The molecule has 0 aliphatic carbocycles. The second kappa shape index (κ2) is 7.09. The minimum atomic E-state index is -0.502. The number of anilines is 1. The third kappa shape index (κ3) is 3.97. The van der Waals surface area contributed by atoms with Crippen molar-refractivity contribution in [2.24, 2.45) is 5.92 Å². The monoisotopic (exact) mass is 316 g/mol. The van der Waals surface area contributed by atoms with E-state index in [4.69, 9.17) is 0 Å². The van der Waals surface area contributed by atoms with E-state index in [1.54, 1.807) is 6.07 Å². The second-order valence-electron chi connectivity index (χ2n) is 5.99. The molecular formula is C16H20N4O3. The van der Waals surface area contributed by atoms with Crippen LogP contribution < -0.4 is 10.2 Å². The van der Waals surface area contributed by atoms with Crippen LogP contribution in [0.15, 0.2) is 18.2 Å². The Morgan fingerprint density at radius 3 is 2.61 bits per heavy atom. The normalized spacial score (nSPS) is 15.3. The summed E-state index contributed by atoms with van der Waals surface area (Å²) in [6, 6.07) is 6.53. The van der Waals surface area contributed by atoms with Crippen molar-refractivity contribution in [3.8, 4) is 6.07 Å². The number of hydrogen-bond acceptors (Lipinski definition) is 5. The lowest BCUT2D eigenvalue weighted by Gasteiger charge is -2.34. The Labute approximate surface area is 135 Å². The van der Waals surface area contributed by atoms with Gasteiger partial charge in [0.25, 0.3) is 5.69 Å². The van der Waals surface area contributed by atoms with Gasteiger partial charge in [0.1, 0.15) is 6.07 Å². The number of nitrogens with one attached hydrogen (secondary N) is 1. The zero-order valence-electron chi connectivity index (χ0n) is 13.3. The van der Waals surface area contributed by atoms with E-state index in [2.05, 4.69) is 5.32 Å². The van der Waals surface area contributed by atoms with Crippen molar-refractivity contribution < 1.29 is 9.72 Å². The molecule has 2 rings (SSSR count). The Kier molecular flexibility index (Phi) is 5.16. The number of carbonyl (C=O) groups is 1. The minimum absolute atomic E-state index is 0.0344. The van der Waals surface area contributed by atoms with Crippen molar-refractivity contribution in [1.29, 1.82) is 5.26 Å². The van der Waals surface area contributed by atoms with Crippen molar-refractivity contribution >= 4 is 17.3 Å². The van der Waals surface area contributed by atoms with E-state index in [0.29, 0.717) is 24.3 Å². The smallest absolute Gasteiger partial charge is 0.270 e. The fourth-order valence-corrected chi connectivity index (χ4v) is 2.64. The third-order valence-corrected chi connectivity index (χ3v) is 4.02. The quantitative estimate of drug-likeness (QED) is 0.678. The predicted octanol–water partition coefficient (Wildman–Crippen LogP) is 2.21. The van der Waals surface area contributed by atoms with E-state index in [0.717, 1.165) is 12.8 Å². The highest BCUT2D eigenvalue weighted by Crippen LogP contribution is 2.27. The van der Waals surface area contributed by atoms with Gasteiger partial charge >= 0.3 is 0 Å². The maximum atomic E-state index is 11.7. The highest BCUT2D eigenvalue weighted by molar-refractivity contribution is 5.78. The molecule has 23 heavy (non-hydrogen) atoms. The largest absolute Gasteiger partial charge is 0.370 e. The first-order valence-electron chi connectivity index (χ1n) is 7.66. The van der Waals surface area contributed by atoms with Gasteiger partial charge in [0, 0.05) is 37.2 Å². The summed E-state index contributed by atoms with van der Waals surface area (Å²) in [5.41, 5.74) is 0.944. The molecule has 1 N–H and O–H groups in total. The first-order chi connectivity index (χ1) is 10.9. The van der Waals surface area contributed by atoms with E-state index in [9.17, 15) is 20.2 Å². The first-order valence-corrected chi connectivity index (χ1v) is 7.66. The number of nitriles is 1. The molecule has 1 saturated heterocycles. The molecule has 0 radical (unpaired) electrons. The molecule has 0 aromatic heterocycles. The van der Waals surface area contributed by atoms with Gasteiger partial charge < -0.3 is 10.2 Å². The molecule has 1 amide bonds. The average molecular weight is 316 g/mol. The number of nitro groups is 1. The van der Waals surface area contributed by atoms with Gasteiger partial charge in [0.05, 0.1) is 16.2 Å². The molecule has 1 aromatic rings. The molecule has 7 heteroatoms. The fourth-order valence-electron chi connectivity index (χ4n) is 2.64. The van der Waals surface area contributed by atoms with E-state index in [-0.39, 0.29) is 23.6 Å². The van der Waals surface area contributed by atoms with E-state index in [1.165, 1.54) is 12.1 Å². The lowest BCUT2D eigenvalue weighted by atomic mass is 10.0. The molecule has 0 bridgehead atoms. The van der Waals surface area contributed by atoms with Crippen LogP contribution in [-0.4, -0.2) is 30.0 Å². The summed E-state index contributed by atoms with van der Waals surface area (Å²) < 4.78 is 0. The molecule has 7 nitrogen and oxygen atoms in total. The molecule has 0 saturated carbocycles. The Hall–Kier alpha value is -2.62. The molecule has 1 heterocycles. The van der Waals surface area contributed by atoms with Crippen LogP contribution in [-0.2, 0) is 4.79 Å². The number of non-ortho nitro benzene ring substituents is 1. The van der Waals surface area contributed by atoms with E-state index >= 15 is 0 Å². The molecule has 1 aliphatic heterocycles. The lowest BCUT2D eigenvalue weighted by Crippen LogP contribution is -2.46. The van der Waals surface area contributed by atoms with Gasteiger partial charge in [-0.1, -0.05) is 13.8 Å². The number of rotatable bonds is 4. The maximum absolute atomic E-state index is 11.7. The van der Waals surface area contributed by atoms with E-state index in [1.807, 2.05) is 24.8 Å². The highest BCUT2D eigenvalue weighted by Gasteiger charge is 2.24. The summed E-state index contributed by atoms with van der Waals surface area (Å²) >= 11 is 0. The number of benzene rings is 1. The van der Waals surface area contributed by atoms with Gasteiger partial charge in [-0.15, -0.1) is 0 Å². The van der Waals surface area contributed by atoms with Crippen LogP contribution >= 0.6 is 0 Å². The van der Waals surface area contributed by atoms with Crippen LogP contribution in [0, 0.1) is 27.4 Å². The summed E-state index contributed by atoms with van der Waals surface area (Å²) in [5, 5.41) is 23.1.